The Morgan fingerprint density at radius 3 is 3.00 bits per heavy atom. The first-order valence-corrected chi connectivity index (χ1v) is 5.21. The van der Waals surface area contributed by atoms with E-state index >= 15 is 0 Å². The molecule has 0 saturated heterocycles. The number of hydrogen-bond acceptors (Lipinski definition) is 4. The van der Waals surface area contributed by atoms with E-state index in [0.29, 0.717) is 13.1 Å². The van der Waals surface area contributed by atoms with Gasteiger partial charge in [0.1, 0.15) is 0 Å². The van der Waals surface area contributed by atoms with Gasteiger partial charge in [0.2, 0.25) is 0 Å². The third-order valence-corrected chi connectivity index (χ3v) is 2.26. The van der Waals surface area contributed by atoms with Crippen LogP contribution in [0.15, 0.2) is 42.6 Å². The zero-order valence-electron chi connectivity index (χ0n) is 8.93. The minimum atomic E-state index is 0.558. The number of benzene rings is 1. The van der Waals surface area contributed by atoms with Crippen LogP contribution in [0.5, 0.6) is 0 Å². The number of nitrogens with one attached hydrogen (secondary N) is 1. The number of rotatable bonds is 4. The summed E-state index contributed by atoms with van der Waals surface area (Å²) in [4.78, 5) is 0. The molecule has 4 nitrogen and oxygen atoms in total. The predicted octanol–water partition coefficient (Wildman–Crippen LogP) is 1.56. The molecule has 0 bridgehead atoms. The molecule has 0 aliphatic heterocycles. The van der Waals surface area contributed by atoms with Gasteiger partial charge in [0.25, 0.3) is 0 Å². The second kappa shape index (κ2) is 5.23. The lowest BCUT2D eigenvalue weighted by Gasteiger charge is -2.04. The van der Waals surface area contributed by atoms with Crippen LogP contribution in [0.4, 0.5) is 5.82 Å². The normalized spacial score (nSPS) is 11.1. The third-order valence-electron chi connectivity index (χ3n) is 2.26. The molecule has 2 aromatic rings. The average molecular weight is 214 g/mol. The third kappa shape index (κ3) is 2.35. The topological polar surface area (TPSA) is 63.8 Å². The molecule has 0 aliphatic rings. The van der Waals surface area contributed by atoms with E-state index in [0.717, 1.165) is 16.6 Å². The molecule has 16 heavy (non-hydrogen) atoms. The Balaban J connectivity index is 2.20. The maximum atomic E-state index is 5.36. The number of anilines is 1. The molecule has 0 atom stereocenters. The molecular formula is C12H14N4. The smallest absolute Gasteiger partial charge is 0.156 e. The summed E-state index contributed by atoms with van der Waals surface area (Å²) in [7, 11) is 0. The molecule has 0 unspecified atom stereocenters. The molecule has 1 heterocycles. The van der Waals surface area contributed by atoms with E-state index in [9.17, 15) is 0 Å². The van der Waals surface area contributed by atoms with Crippen molar-refractivity contribution in [1.29, 1.82) is 0 Å². The van der Waals surface area contributed by atoms with Crippen molar-refractivity contribution >= 4 is 16.6 Å². The van der Waals surface area contributed by atoms with Gasteiger partial charge in [-0.05, 0) is 0 Å². The molecule has 2 rings (SSSR count). The number of fused-ring (bicyclic) bond motifs is 1. The van der Waals surface area contributed by atoms with Crippen molar-refractivity contribution in [3.63, 3.8) is 0 Å². The molecule has 0 saturated carbocycles. The van der Waals surface area contributed by atoms with E-state index in [2.05, 4.69) is 15.5 Å². The van der Waals surface area contributed by atoms with Crippen molar-refractivity contribution in [3.8, 4) is 0 Å². The second-order valence-electron chi connectivity index (χ2n) is 3.37. The van der Waals surface area contributed by atoms with Crippen LogP contribution in [0.2, 0.25) is 0 Å². The Bertz CT molecular complexity index is 488. The van der Waals surface area contributed by atoms with E-state index < -0.39 is 0 Å². The van der Waals surface area contributed by atoms with Gasteiger partial charge in [-0.15, -0.1) is 5.10 Å². The molecule has 0 aliphatic carbocycles. The zero-order chi connectivity index (χ0) is 11.2. The SMILES string of the molecule is NC/C=C/CNc1nncc2ccccc12. The van der Waals surface area contributed by atoms with Crippen LogP contribution in [-0.4, -0.2) is 23.3 Å². The standard InChI is InChI=1S/C12H14N4/c13-7-3-4-8-14-12-11-6-2-1-5-10(11)9-15-16-12/h1-6,9H,7-8,13H2,(H,14,16)/b4-3+. The molecule has 82 valence electrons. The van der Waals surface area contributed by atoms with Crippen LogP contribution in [0, 0.1) is 0 Å². The summed E-state index contributed by atoms with van der Waals surface area (Å²) in [6, 6.07) is 8.02. The van der Waals surface area contributed by atoms with Gasteiger partial charge in [-0.1, -0.05) is 36.4 Å². The first-order valence-electron chi connectivity index (χ1n) is 5.21. The molecule has 0 amide bonds. The monoisotopic (exact) mass is 214 g/mol. The van der Waals surface area contributed by atoms with Crippen LogP contribution in [0.25, 0.3) is 10.8 Å². The summed E-state index contributed by atoms with van der Waals surface area (Å²) >= 11 is 0. The van der Waals surface area contributed by atoms with E-state index in [1.807, 2.05) is 36.4 Å². The van der Waals surface area contributed by atoms with Gasteiger partial charge in [0.05, 0.1) is 6.20 Å². The Labute approximate surface area is 94.2 Å². The van der Waals surface area contributed by atoms with Crippen molar-refractivity contribution in [1.82, 2.24) is 10.2 Å². The maximum absolute atomic E-state index is 5.36. The lowest BCUT2D eigenvalue weighted by Crippen LogP contribution is -2.03. The molecule has 4 heteroatoms. The minimum Gasteiger partial charge on any atom is -0.365 e. The minimum absolute atomic E-state index is 0.558. The fourth-order valence-electron chi connectivity index (χ4n) is 1.49. The molecule has 0 radical (unpaired) electrons. The van der Waals surface area contributed by atoms with Crippen molar-refractivity contribution in [2.45, 2.75) is 0 Å². The lowest BCUT2D eigenvalue weighted by molar-refractivity contribution is 1.04. The molecular weight excluding hydrogens is 200 g/mol. The van der Waals surface area contributed by atoms with Crippen LogP contribution in [0.1, 0.15) is 0 Å². The summed E-state index contributed by atoms with van der Waals surface area (Å²) in [5, 5.41) is 13.4. The Kier molecular flexibility index (Phi) is 3.46. The predicted molar refractivity (Wildman–Crippen MR) is 66.2 cm³/mol. The first-order chi connectivity index (χ1) is 7.92. The van der Waals surface area contributed by atoms with Crippen LogP contribution in [0.3, 0.4) is 0 Å². The van der Waals surface area contributed by atoms with Gasteiger partial charge >= 0.3 is 0 Å². The largest absolute Gasteiger partial charge is 0.365 e. The van der Waals surface area contributed by atoms with Crippen LogP contribution >= 0.6 is 0 Å². The number of nitrogens with two attached hydrogens (primary N) is 1. The molecule has 3 N–H and O–H groups in total. The highest BCUT2D eigenvalue weighted by molar-refractivity contribution is 5.90. The highest BCUT2D eigenvalue weighted by Crippen LogP contribution is 2.18. The lowest BCUT2D eigenvalue weighted by atomic mass is 10.2. The van der Waals surface area contributed by atoms with Crippen molar-refractivity contribution in [2.75, 3.05) is 18.4 Å². The van der Waals surface area contributed by atoms with Crippen molar-refractivity contribution in [2.24, 2.45) is 5.73 Å². The van der Waals surface area contributed by atoms with Crippen LogP contribution in [-0.2, 0) is 0 Å². The maximum Gasteiger partial charge on any atom is 0.156 e. The summed E-state index contributed by atoms with van der Waals surface area (Å²) in [6.45, 7) is 1.27. The van der Waals surface area contributed by atoms with E-state index in [4.69, 9.17) is 5.73 Å². The summed E-state index contributed by atoms with van der Waals surface area (Å²) < 4.78 is 0. The Morgan fingerprint density at radius 1 is 1.25 bits per heavy atom. The van der Waals surface area contributed by atoms with Gasteiger partial charge in [0, 0.05) is 23.9 Å². The summed E-state index contributed by atoms with van der Waals surface area (Å²) in [6.07, 6.45) is 5.64. The Morgan fingerprint density at radius 2 is 2.12 bits per heavy atom. The van der Waals surface area contributed by atoms with E-state index in [1.165, 1.54) is 0 Å². The number of aromatic nitrogens is 2. The fourth-order valence-corrected chi connectivity index (χ4v) is 1.49. The average Bonchev–Trinajstić information content (AvgIpc) is 2.35. The highest BCUT2D eigenvalue weighted by atomic mass is 15.2. The fraction of sp³-hybridized carbons (Fsp3) is 0.167. The molecule has 0 spiro atoms. The van der Waals surface area contributed by atoms with Gasteiger partial charge in [0.15, 0.2) is 5.82 Å². The molecule has 1 aromatic carbocycles. The van der Waals surface area contributed by atoms with Crippen molar-refractivity contribution in [3.05, 3.63) is 42.6 Å². The van der Waals surface area contributed by atoms with E-state index in [-0.39, 0.29) is 0 Å². The summed E-state index contributed by atoms with van der Waals surface area (Å²) in [5.74, 6) is 0.805. The quantitative estimate of drug-likeness (QED) is 0.758. The number of nitrogens with zero attached hydrogens (tertiary/aromatic N) is 2. The highest BCUT2D eigenvalue weighted by Gasteiger charge is 2.00. The first kappa shape index (κ1) is 10.6. The molecule has 0 fully saturated rings. The van der Waals surface area contributed by atoms with Crippen molar-refractivity contribution < 1.29 is 0 Å². The van der Waals surface area contributed by atoms with E-state index in [1.54, 1.807) is 6.20 Å². The summed E-state index contributed by atoms with van der Waals surface area (Å²) in [5.41, 5.74) is 5.36. The number of hydrogen-bond donors (Lipinski definition) is 2. The van der Waals surface area contributed by atoms with Gasteiger partial charge in [-0.25, -0.2) is 0 Å². The van der Waals surface area contributed by atoms with Gasteiger partial charge in [-0.3, -0.25) is 0 Å². The molecule has 1 aromatic heterocycles. The Hall–Kier alpha value is -1.94. The second-order valence-corrected chi connectivity index (χ2v) is 3.37. The van der Waals surface area contributed by atoms with Gasteiger partial charge in [-0.2, -0.15) is 5.10 Å². The van der Waals surface area contributed by atoms with Crippen LogP contribution < -0.4 is 11.1 Å². The van der Waals surface area contributed by atoms with Gasteiger partial charge < -0.3 is 11.1 Å². The zero-order valence-corrected chi connectivity index (χ0v) is 8.93.